The lowest BCUT2D eigenvalue weighted by Crippen LogP contribution is -2.44. The minimum absolute atomic E-state index is 0.224. The minimum Gasteiger partial charge on any atom is -0.494 e. The molecule has 0 saturated carbocycles. The molecule has 3 aromatic carbocycles. The Labute approximate surface area is 187 Å². The number of fused-ring (bicyclic) bond motifs is 1. The molecule has 32 heavy (non-hydrogen) atoms. The zero-order chi connectivity index (χ0) is 22.8. The molecule has 1 atom stereocenters. The Hall–Kier alpha value is -2.97. The average Bonchev–Trinajstić information content (AvgIpc) is 3.21. The largest absolute Gasteiger partial charge is 0.494 e. The first-order valence-electron chi connectivity index (χ1n) is 10.0. The highest BCUT2D eigenvalue weighted by Crippen LogP contribution is 2.43. The van der Waals surface area contributed by atoms with Crippen LogP contribution in [0.2, 0.25) is 0 Å². The maximum Gasteiger partial charge on any atom is 0.422 e. The van der Waals surface area contributed by atoms with Crippen molar-refractivity contribution in [1.82, 2.24) is 9.78 Å². The van der Waals surface area contributed by atoms with Crippen LogP contribution < -0.4 is 4.74 Å². The highest BCUT2D eigenvalue weighted by Gasteiger charge is 2.55. The molecule has 0 aliphatic rings. The van der Waals surface area contributed by atoms with Crippen molar-refractivity contribution in [1.29, 1.82) is 0 Å². The fourth-order valence-electron chi connectivity index (χ4n) is 3.40. The molecule has 0 bridgehead atoms. The molecule has 0 aliphatic heterocycles. The first kappa shape index (κ1) is 22.2. The van der Waals surface area contributed by atoms with Crippen molar-refractivity contribution >= 4 is 22.7 Å². The Bertz CT molecular complexity index is 1210. The maximum atomic E-state index is 14.1. The third-order valence-corrected chi connectivity index (χ3v) is 6.23. The van der Waals surface area contributed by atoms with Gasteiger partial charge in [-0.25, -0.2) is 4.68 Å². The predicted octanol–water partition coefficient (Wildman–Crippen LogP) is 5.97. The Balaban J connectivity index is 1.66. The van der Waals surface area contributed by atoms with Crippen LogP contribution in [0, 0.1) is 0 Å². The molecule has 4 nitrogen and oxygen atoms in total. The van der Waals surface area contributed by atoms with E-state index < -0.39 is 17.5 Å². The van der Waals surface area contributed by atoms with E-state index in [4.69, 9.17) is 4.74 Å². The average molecular weight is 459 g/mol. The smallest absolute Gasteiger partial charge is 0.422 e. The summed E-state index contributed by atoms with van der Waals surface area (Å²) in [5.41, 5.74) is -1.80. The maximum absolute atomic E-state index is 14.1. The molecule has 8 heteroatoms. The van der Waals surface area contributed by atoms with Gasteiger partial charge in [-0.2, -0.15) is 18.3 Å². The highest BCUT2D eigenvalue weighted by atomic mass is 32.2. The number of hydrogen-bond donors (Lipinski definition) is 1. The van der Waals surface area contributed by atoms with Crippen LogP contribution >= 0.6 is 11.8 Å². The monoisotopic (exact) mass is 458 g/mol. The fraction of sp³-hybridized carbons (Fsp3) is 0.208. The van der Waals surface area contributed by atoms with Gasteiger partial charge in [-0.1, -0.05) is 30.3 Å². The summed E-state index contributed by atoms with van der Waals surface area (Å²) >= 11 is 0.926. The van der Waals surface area contributed by atoms with Gasteiger partial charge in [0.25, 0.3) is 0 Å². The van der Waals surface area contributed by atoms with Crippen LogP contribution in [-0.2, 0) is 5.60 Å². The van der Waals surface area contributed by atoms with Gasteiger partial charge in [0.05, 0.1) is 24.0 Å². The SMILES string of the molecule is CCOc1cccc(SCC(O)(c2ccc3c(cnn3-c3ccccc3)c2)C(F)(F)F)c1. The molecule has 0 fully saturated rings. The van der Waals surface area contributed by atoms with Gasteiger partial charge in [0.1, 0.15) is 5.75 Å². The van der Waals surface area contributed by atoms with Crippen LogP contribution in [0.4, 0.5) is 13.2 Å². The van der Waals surface area contributed by atoms with Gasteiger partial charge in [0.15, 0.2) is 5.60 Å². The molecule has 1 aromatic heterocycles. The van der Waals surface area contributed by atoms with Crippen molar-refractivity contribution in [2.75, 3.05) is 12.4 Å². The second-order valence-electron chi connectivity index (χ2n) is 7.22. The molecule has 0 spiro atoms. The van der Waals surface area contributed by atoms with Crippen molar-refractivity contribution < 1.29 is 23.0 Å². The van der Waals surface area contributed by atoms with Crippen LogP contribution in [0.15, 0.2) is 83.9 Å². The molecule has 1 unspecified atom stereocenters. The standard InChI is InChI=1S/C24H21F3N2O2S/c1-2-31-20-9-6-10-21(14-20)32-16-23(30,24(25,26)27)18-11-12-22-17(13-18)15-28-29(22)19-7-4-3-5-8-19/h3-15,30H,2,16H2,1H3. The number of rotatable bonds is 7. The third-order valence-electron chi connectivity index (χ3n) is 5.08. The van der Waals surface area contributed by atoms with Crippen molar-refractivity contribution in [2.24, 2.45) is 0 Å². The molecule has 0 radical (unpaired) electrons. The van der Waals surface area contributed by atoms with Gasteiger partial charge in [-0.05, 0) is 55.0 Å². The topological polar surface area (TPSA) is 47.3 Å². The number of halogens is 3. The molecule has 0 saturated heterocycles. The first-order valence-corrected chi connectivity index (χ1v) is 11.0. The molecule has 4 rings (SSSR count). The van der Waals surface area contributed by atoms with Gasteiger partial charge in [-0.15, -0.1) is 11.8 Å². The van der Waals surface area contributed by atoms with Crippen molar-refractivity contribution in [3.05, 3.63) is 84.6 Å². The van der Waals surface area contributed by atoms with E-state index in [1.165, 1.54) is 18.3 Å². The van der Waals surface area contributed by atoms with Gasteiger partial charge >= 0.3 is 6.18 Å². The quantitative estimate of drug-likeness (QED) is 0.347. The second kappa shape index (κ2) is 8.88. The summed E-state index contributed by atoms with van der Waals surface area (Å²) in [6.45, 7) is 2.29. The molecule has 0 amide bonds. The van der Waals surface area contributed by atoms with E-state index in [0.29, 0.717) is 28.2 Å². The predicted molar refractivity (Wildman–Crippen MR) is 119 cm³/mol. The number of benzene rings is 3. The first-order chi connectivity index (χ1) is 15.3. The number of nitrogens with zero attached hydrogens (tertiary/aromatic N) is 2. The van der Waals surface area contributed by atoms with E-state index >= 15 is 0 Å². The van der Waals surface area contributed by atoms with Gasteiger partial charge in [0, 0.05) is 16.0 Å². The number of aliphatic hydroxyl groups is 1. The van der Waals surface area contributed by atoms with Gasteiger partial charge in [-0.3, -0.25) is 0 Å². The molecule has 166 valence electrons. The Kier molecular flexibility index (Phi) is 6.17. The number of alkyl halides is 3. The number of aromatic nitrogens is 2. The van der Waals surface area contributed by atoms with Crippen LogP contribution in [0.25, 0.3) is 16.6 Å². The molecule has 1 N–H and O–H groups in total. The zero-order valence-corrected chi connectivity index (χ0v) is 18.0. The summed E-state index contributed by atoms with van der Waals surface area (Å²) in [5, 5.41) is 15.6. The van der Waals surface area contributed by atoms with E-state index in [2.05, 4.69) is 5.10 Å². The van der Waals surface area contributed by atoms with Crippen LogP contribution in [0.1, 0.15) is 12.5 Å². The van der Waals surface area contributed by atoms with Gasteiger partial charge < -0.3 is 9.84 Å². The lowest BCUT2D eigenvalue weighted by molar-refractivity contribution is -0.256. The Morgan fingerprint density at radius 1 is 1.00 bits per heavy atom. The minimum atomic E-state index is -4.86. The van der Waals surface area contributed by atoms with Crippen molar-refractivity contribution in [2.45, 2.75) is 23.6 Å². The lowest BCUT2D eigenvalue weighted by Gasteiger charge is -2.31. The summed E-state index contributed by atoms with van der Waals surface area (Å²) in [4.78, 5) is 0.580. The third kappa shape index (κ3) is 4.33. The molecule has 1 heterocycles. The highest BCUT2D eigenvalue weighted by molar-refractivity contribution is 7.99. The van der Waals surface area contributed by atoms with E-state index in [1.807, 2.05) is 37.3 Å². The van der Waals surface area contributed by atoms with Crippen molar-refractivity contribution in [3.63, 3.8) is 0 Å². The Morgan fingerprint density at radius 2 is 1.78 bits per heavy atom. The number of thioether (sulfide) groups is 1. The van der Waals surface area contributed by atoms with Crippen molar-refractivity contribution in [3.8, 4) is 11.4 Å². The molecule has 4 aromatic rings. The zero-order valence-electron chi connectivity index (χ0n) is 17.2. The lowest BCUT2D eigenvalue weighted by atomic mass is 9.94. The van der Waals surface area contributed by atoms with Crippen LogP contribution in [0.5, 0.6) is 5.75 Å². The summed E-state index contributed by atoms with van der Waals surface area (Å²) < 4.78 is 49.2. The van der Waals surface area contributed by atoms with Crippen LogP contribution in [0.3, 0.4) is 0 Å². The number of ether oxygens (including phenoxy) is 1. The fourth-order valence-corrected chi connectivity index (χ4v) is 4.48. The van der Waals surface area contributed by atoms with E-state index in [0.717, 1.165) is 17.4 Å². The van der Waals surface area contributed by atoms with Gasteiger partial charge in [0.2, 0.25) is 0 Å². The number of hydrogen-bond acceptors (Lipinski definition) is 4. The summed E-state index contributed by atoms with van der Waals surface area (Å²) in [6, 6.07) is 20.3. The summed E-state index contributed by atoms with van der Waals surface area (Å²) in [5.74, 6) is -0.0208. The van der Waals surface area contributed by atoms with E-state index in [1.54, 1.807) is 35.0 Å². The molecule has 0 aliphatic carbocycles. The van der Waals surface area contributed by atoms with Crippen LogP contribution in [-0.4, -0.2) is 33.4 Å². The second-order valence-corrected chi connectivity index (χ2v) is 8.27. The molecular formula is C24H21F3N2O2S. The number of para-hydroxylation sites is 1. The molecular weight excluding hydrogens is 437 g/mol. The summed E-state index contributed by atoms with van der Waals surface area (Å²) in [6.07, 6.45) is -3.36. The Morgan fingerprint density at radius 3 is 2.50 bits per heavy atom. The summed E-state index contributed by atoms with van der Waals surface area (Å²) in [7, 11) is 0. The normalized spacial score (nSPS) is 13.8. The van der Waals surface area contributed by atoms with E-state index in [9.17, 15) is 18.3 Å². The van der Waals surface area contributed by atoms with E-state index in [-0.39, 0.29) is 5.56 Å².